The fourth-order valence-corrected chi connectivity index (χ4v) is 4.05. The number of carbonyl (C=O) groups excluding carboxylic acids is 1. The van der Waals surface area contributed by atoms with E-state index in [0.29, 0.717) is 35.9 Å². The Balaban J connectivity index is 0.00000193. The Bertz CT molecular complexity index is 1000. The fourth-order valence-electron chi connectivity index (χ4n) is 4.05. The molecule has 2 atom stereocenters. The Morgan fingerprint density at radius 2 is 1.94 bits per heavy atom. The Morgan fingerprint density at radius 1 is 1.27 bits per heavy atom. The number of carbonyl (C=O) groups is 1. The summed E-state index contributed by atoms with van der Waals surface area (Å²) in [6, 6.07) is -0.753. The summed E-state index contributed by atoms with van der Waals surface area (Å²) in [7, 11) is 1.70. The van der Waals surface area contributed by atoms with Gasteiger partial charge in [-0.3, -0.25) is 9.48 Å². The number of fused-ring (bicyclic) bond motifs is 1. The van der Waals surface area contributed by atoms with Crippen molar-refractivity contribution in [2.24, 2.45) is 5.41 Å². The van der Waals surface area contributed by atoms with Gasteiger partial charge in [-0.05, 0) is 38.7 Å². The van der Waals surface area contributed by atoms with Gasteiger partial charge in [0.25, 0.3) is 0 Å². The number of nitrogens with zero attached hydrogens (tertiary/aromatic N) is 5. The number of alkyl halides is 3. The molecule has 1 fully saturated rings. The van der Waals surface area contributed by atoms with Gasteiger partial charge in [0.05, 0.1) is 30.0 Å². The van der Waals surface area contributed by atoms with Crippen LogP contribution in [0, 0.1) is 12.3 Å². The van der Waals surface area contributed by atoms with E-state index in [1.807, 2.05) is 0 Å². The van der Waals surface area contributed by atoms with Crippen molar-refractivity contribution >= 4 is 17.4 Å². The largest absolute Gasteiger partial charge is 0.396 e. The molecule has 2 N–H and O–H groups in total. The van der Waals surface area contributed by atoms with Crippen molar-refractivity contribution in [2.45, 2.75) is 79.3 Å². The van der Waals surface area contributed by atoms with Gasteiger partial charge in [0.1, 0.15) is 17.6 Å². The van der Waals surface area contributed by atoms with Crippen LogP contribution in [0.3, 0.4) is 0 Å². The third-order valence-electron chi connectivity index (χ3n) is 6.09. The van der Waals surface area contributed by atoms with Crippen molar-refractivity contribution in [1.82, 2.24) is 19.7 Å². The van der Waals surface area contributed by atoms with Crippen LogP contribution in [0.4, 0.5) is 24.7 Å². The summed E-state index contributed by atoms with van der Waals surface area (Å²) in [4.78, 5) is 22.9. The first kappa shape index (κ1) is 26.6. The average Bonchev–Trinajstić information content (AvgIpc) is 3.32. The van der Waals surface area contributed by atoms with Gasteiger partial charge in [-0.15, -0.1) is 0 Å². The first-order valence-electron chi connectivity index (χ1n) is 10.2. The maximum absolute atomic E-state index is 13.2. The molecule has 8 nitrogen and oxygen atoms in total. The topological polar surface area (TPSA) is 96.2 Å². The van der Waals surface area contributed by atoms with Crippen molar-refractivity contribution in [3.63, 3.8) is 0 Å². The van der Waals surface area contributed by atoms with Crippen LogP contribution < -0.4 is 10.2 Å². The van der Waals surface area contributed by atoms with Crippen LogP contribution in [0.5, 0.6) is 0 Å². The first-order valence-corrected chi connectivity index (χ1v) is 10.2. The van der Waals surface area contributed by atoms with Gasteiger partial charge in [-0.1, -0.05) is 14.9 Å². The number of anilines is 2. The minimum Gasteiger partial charge on any atom is -0.391 e. The number of aliphatic hydroxyl groups excluding tert-OH is 1. The van der Waals surface area contributed by atoms with Crippen LogP contribution >= 0.6 is 0 Å². The molecule has 1 saturated carbocycles. The predicted octanol–water partition coefficient (Wildman–Crippen LogP) is 3.52. The van der Waals surface area contributed by atoms with Crippen molar-refractivity contribution in [1.29, 1.82) is 0 Å². The number of aryl methyl sites for hydroxylation is 3. The van der Waals surface area contributed by atoms with E-state index in [-0.39, 0.29) is 40.1 Å². The molecule has 2 aliphatic rings. The van der Waals surface area contributed by atoms with E-state index < -0.39 is 23.7 Å². The van der Waals surface area contributed by atoms with Gasteiger partial charge in [-0.25, -0.2) is 9.97 Å². The molecule has 1 aliphatic heterocycles. The lowest BCUT2D eigenvalue weighted by molar-refractivity contribution is -0.191. The van der Waals surface area contributed by atoms with Crippen LogP contribution in [-0.4, -0.2) is 56.1 Å². The van der Waals surface area contributed by atoms with Crippen molar-refractivity contribution in [2.75, 3.05) is 17.3 Å². The monoisotopic (exact) mass is 470 g/mol. The van der Waals surface area contributed by atoms with Crippen LogP contribution in [0.1, 0.15) is 51.7 Å². The normalized spacial score (nSPS) is 19.7. The lowest BCUT2D eigenvalue weighted by Gasteiger charge is -2.36. The zero-order valence-electron chi connectivity index (χ0n) is 17.6. The molecule has 0 radical (unpaired) electrons. The Morgan fingerprint density at radius 3 is 2.52 bits per heavy atom. The van der Waals surface area contributed by atoms with Crippen molar-refractivity contribution in [3.8, 4) is 0 Å². The van der Waals surface area contributed by atoms with E-state index in [0.717, 1.165) is 5.56 Å². The average molecular weight is 471 g/mol. The summed E-state index contributed by atoms with van der Waals surface area (Å²) in [6.45, 7) is 3.16. The second-order valence-corrected chi connectivity index (χ2v) is 8.53. The van der Waals surface area contributed by atoms with Crippen LogP contribution in [0.25, 0.3) is 0 Å². The number of aliphatic hydroxyl groups is 1. The molecule has 2 aromatic heterocycles. The van der Waals surface area contributed by atoms with E-state index in [4.69, 9.17) is 0 Å². The van der Waals surface area contributed by atoms with Crippen LogP contribution in [-0.2, 0) is 24.2 Å². The summed E-state index contributed by atoms with van der Waals surface area (Å²) in [5.41, 5.74) is 0.300. The number of amides is 1. The SMILES string of the molecule is C.C.Cc1nc(CCc2cnn(CC3(C(F)(F)F)CC3)c2)nc2c1NC(=O)[C@H]([C@@H](C)O)N2C. The lowest BCUT2D eigenvalue weighted by atomic mass is 10.1. The third-order valence-corrected chi connectivity index (χ3v) is 6.09. The number of likely N-dealkylation sites (N-methyl/N-ethyl adjacent to an activating group) is 1. The molecular formula is C22H33F3N6O2. The molecule has 33 heavy (non-hydrogen) atoms. The lowest BCUT2D eigenvalue weighted by Crippen LogP contribution is -2.52. The zero-order valence-corrected chi connectivity index (χ0v) is 17.6. The summed E-state index contributed by atoms with van der Waals surface area (Å²) >= 11 is 0. The number of hydrogen-bond donors (Lipinski definition) is 2. The number of halogens is 3. The molecular weight excluding hydrogens is 437 g/mol. The molecule has 3 heterocycles. The molecule has 0 spiro atoms. The highest BCUT2D eigenvalue weighted by Crippen LogP contribution is 2.58. The molecule has 0 unspecified atom stereocenters. The maximum Gasteiger partial charge on any atom is 0.396 e. The van der Waals surface area contributed by atoms with Crippen LogP contribution in [0.2, 0.25) is 0 Å². The van der Waals surface area contributed by atoms with Gasteiger partial charge in [0, 0.05) is 19.7 Å². The maximum atomic E-state index is 13.2. The fraction of sp³-hybridized carbons (Fsp3) is 0.636. The molecule has 4 rings (SSSR count). The summed E-state index contributed by atoms with van der Waals surface area (Å²) < 4.78 is 40.9. The summed E-state index contributed by atoms with van der Waals surface area (Å²) in [5, 5.41) is 16.8. The van der Waals surface area contributed by atoms with Gasteiger partial charge in [0.15, 0.2) is 5.82 Å². The quantitative estimate of drug-likeness (QED) is 0.671. The molecule has 184 valence electrons. The smallest absolute Gasteiger partial charge is 0.391 e. The molecule has 11 heteroatoms. The van der Waals surface area contributed by atoms with Crippen molar-refractivity contribution in [3.05, 3.63) is 29.5 Å². The molecule has 1 amide bonds. The van der Waals surface area contributed by atoms with E-state index >= 15 is 0 Å². The van der Waals surface area contributed by atoms with E-state index in [2.05, 4.69) is 20.4 Å². The third kappa shape index (κ3) is 4.97. The van der Waals surface area contributed by atoms with E-state index in [1.165, 1.54) is 4.68 Å². The number of rotatable bonds is 6. The minimum atomic E-state index is -4.21. The Labute approximate surface area is 192 Å². The number of nitrogens with one attached hydrogen (secondary N) is 1. The highest BCUT2D eigenvalue weighted by Gasteiger charge is 2.63. The number of aromatic nitrogens is 4. The molecule has 0 saturated heterocycles. The second kappa shape index (κ2) is 9.28. The Hall–Kier alpha value is -2.69. The molecule has 1 aliphatic carbocycles. The summed E-state index contributed by atoms with van der Waals surface area (Å²) in [5.74, 6) is 0.763. The van der Waals surface area contributed by atoms with Gasteiger partial charge in [-0.2, -0.15) is 18.3 Å². The predicted molar refractivity (Wildman–Crippen MR) is 120 cm³/mol. The van der Waals surface area contributed by atoms with Gasteiger partial charge >= 0.3 is 6.18 Å². The molecule has 0 aromatic carbocycles. The highest BCUT2D eigenvalue weighted by molar-refractivity contribution is 6.03. The first-order chi connectivity index (χ1) is 14.5. The van der Waals surface area contributed by atoms with Crippen LogP contribution in [0.15, 0.2) is 12.4 Å². The minimum absolute atomic E-state index is 0. The highest BCUT2D eigenvalue weighted by atomic mass is 19.4. The van der Waals surface area contributed by atoms with Gasteiger partial charge < -0.3 is 15.3 Å². The van der Waals surface area contributed by atoms with E-state index in [1.54, 1.807) is 38.2 Å². The molecule has 2 aromatic rings. The molecule has 0 bridgehead atoms. The second-order valence-electron chi connectivity index (χ2n) is 8.53. The van der Waals surface area contributed by atoms with E-state index in [9.17, 15) is 23.1 Å². The zero-order chi connectivity index (χ0) is 22.6. The standard InChI is InChI=1S/C20H25F3N6O2.2CH4/c1-11-15-17(28(3)16(12(2)30)18(31)27-15)26-14(25-11)5-4-13-8-24-29(9-13)10-19(6-7-19)20(21,22)23;;/h8-9,12,16,30H,4-7,10H2,1-3H3,(H,27,31);2*1H4/t12-,16+;;/m1../s1. The Kier molecular flexibility index (Phi) is 7.47. The van der Waals surface area contributed by atoms with Crippen molar-refractivity contribution < 1.29 is 23.1 Å². The number of hydrogen-bond acceptors (Lipinski definition) is 6. The summed E-state index contributed by atoms with van der Waals surface area (Å²) in [6.07, 6.45) is -0.594. The van der Waals surface area contributed by atoms with Gasteiger partial charge in [0.2, 0.25) is 5.91 Å².